The van der Waals surface area contributed by atoms with Crippen molar-refractivity contribution in [2.75, 3.05) is 0 Å². The van der Waals surface area contributed by atoms with Crippen LogP contribution in [-0.4, -0.2) is 4.98 Å². The number of hydrogen-bond donors (Lipinski definition) is 1. The van der Waals surface area contributed by atoms with Crippen LogP contribution >= 0.6 is 0 Å². The van der Waals surface area contributed by atoms with Crippen LogP contribution in [0.3, 0.4) is 0 Å². The molecule has 3 heteroatoms. The number of rotatable bonds is 2. The molecule has 0 aliphatic heterocycles. The maximum absolute atomic E-state index is 8.49. The number of benzene rings is 1. The Kier molecular flexibility index (Phi) is 5.34. The van der Waals surface area contributed by atoms with E-state index >= 15 is 0 Å². The van der Waals surface area contributed by atoms with Gasteiger partial charge in [0.2, 0.25) is 0 Å². The molecular weight excluding hydrogens is 210 g/mol. The van der Waals surface area contributed by atoms with Crippen LogP contribution in [0.25, 0.3) is 10.9 Å². The Balaban J connectivity index is 0.000000317. The van der Waals surface area contributed by atoms with Crippen LogP contribution in [0.4, 0.5) is 0 Å². The molecule has 0 aliphatic carbocycles. The average molecular weight is 225 g/mol. The molecule has 86 valence electrons. The lowest BCUT2D eigenvalue weighted by Gasteiger charge is -1.98. The maximum Gasteiger partial charge on any atom is 0.0625 e. The highest BCUT2D eigenvalue weighted by Crippen LogP contribution is 2.17. The van der Waals surface area contributed by atoms with E-state index in [1.54, 1.807) is 0 Å². The van der Waals surface area contributed by atoms with Crippen LogP contribution in [-0.2, 0) is 6.42 Å². The molecule has 2 aromatic rings. The molecule has 1 aromatic carbocycles. The number of hydrogen-bond acceptors (Lipinski definition) is 2. The lowest BCUT2D eigenvalue weighted by molar-refractivity contribution is 1.02. The minimum absolute atomic E-state index is 0.581. The highest BCUT2D eigenvalue weighted by atomic mass is 14.7. The van der Waals surface area contributed by atoms with Gasteiger partial charge >= 0.3 is 0 Å². The summed E-state index contributed by atoms with van der Waals surface area (Å²) in [6.45, 7) is 1.82. The van der Waals surface area contributed by atoms with E-state index in [1.165, 1.54) is 10.9 Å². The van der Waals surface area contributed by atoms with Crippen LogP contribution in [0.5, 0.6) is 0 Å². The fourth-order valence-corrected chi connectivity index (χ4v) is 1.55. The molecule has 0 atom stereocenters. The van der Waals surface area contributed by atoms with Gasteiger partial charge in [0.25, 0.3) is 0 Å². The lowest BCUT2D eigenvalue weighted by atomic mass is 10.1. The summed E-state index contributed by atoms with van der Waals surface area (Å²) in [6, 6.07) is 12.3. The van der Waals surface area contributed by atoms with Gasteiger partial charge in [0.15, 0.2) is 0 Å². The van der Waals surface area contributed by atoms with E-state index in [9.17, 15) is 0 Å². The molecule has 17 heavy (non-hydrogen) atoms. The van der Waals surface area contributed by atoms with Crippen molar-refractivity contribution in [1.29, 1.82) is 10.5 Å². The minimum atomic E-state index is 0.581. The summed E-state index contributed by atoms with van der Waals surface area (Å²) in [6.07, 6.45) is 3.97. The largest absolute Gasteiger partial charge is 0.361 e. The molecule has 0 spiro atoms. The smallest absolute Gasteiger partial charge is 0.0625 e. The summed E-state index contributed by atoms with van der Waals surface area (Å²) in [5.41, 5.74) is 2.39. The maximum atomic E-state index is 8.49. The number of fused-ring (bicyclic) bond motifs is 1. The summed E-state index contributed by atoms with van der Waals surface area (Å²) in [4.78, 5) is 3.19. The third-order valence-corrected chi connectivity index (χ3v) is 2.34. The molecule has 0 fully saturated rings. The van der Waals surface area contributed by atoms with Crippen molar-refractivity contribution in [3.8, 4) is 12.1 Å². The molecule has 0 radical (unpaired) electrons. The predicted molar refractivity (Wildman–Crippen MR) is 68.1 cm³/mol. The normalized spacial score (nSPS) is 8.88. The Labute approximate surface area is 101 Å². The average Bonchev–Trinajstić information content (AvgIpc) is 2.85. The SMILES string of the molecule is CCC#N.N#CCCc1cccc2cc[nH]c12. The highest BCUT2D eigenvalue weighted by Gasteiger charge is 2.00. The van der Waals surface area contributed by atoms with Crippen molar-refractivity contribution in [3.63, 3.8) is 0 Å². The fourth-order valence-electron chi connectivity index (χ4n) is 1.55. The molecular formula is C14H15N3. The summed E-state index contributed by atoms with van der Waals surface area (Å²) in [5.74, 6) is 0. The van der Waals surface area contributed by atoms with Crippen LogP contribution in [0, 0.1) is 22.7 Å². The van der Waals surface area contributed by atoms with E-state index in [1.807, 2.05) is 31.3 Å². The van der Waals surface area contributed by atoms with E-state index in [2.05, 4.69) is 23.2 Å². The van der Waals surface area contributed by atoms with E-state index in [4.69, 9.17) is 10.5 Å². The van der Waals surface area contributed by atoms with Gasteiger partial charge in [-0.05, 0) is 23.4 Å². The minimum Gasteiger partial charge on any atom is -0.361 e. The first kappa shape index (κ1) is 12.8. The molecule has 0 aliphatic rings. The quantitative estimate of drug-likeness (QED) is 0.849. The number of aryl methyl sites for hydroxylation is 1. The number of aromatic amines is 1. The van der Waals surface area contributed by atoms with Gasteiger partial charge in [-0.3, -0.25) is 0 Å². The van der Waals surface area contributed by atoms with Crippen molar-refractivity contribution < 1.29 is 0 Å². The second-order valence-electron chi connectivity index (χ2n) is 3.53. The predicted octanol–water partition coefficient (Wildman–Crippen LogP) is 3.54. The van der Waals surface area contributed by atoms with Crippen molar-refractivity contribution in [1.82, 2.24) is 4.98 Å². The number of nitriles is 2. The monoisotopic (exact) mass is 225 g/mol. The van der Waals surface area contributed by atoms with Crippen LogP contribution in [0.15, 0.2) is 30.5 Å². The Morgan fingerprint density at radius 3 is 2.59 bits per heavy atom. The molecule has 1 heterocycles. The van der Waals surface area contributed by atoms with E-state index in [-0.39, 0.29) is 0 Å². The molecule has 0 unspecified atom stereocenters. The Morgan fingerprint density at radius 2 is 1.94 bits per heavy atom. The van der Waals surface area contributed by atoms with Gasteiger partial charge < -0.3 is 4.98 Å². The second-order valence-corrected chi connectivity index (χ2v) is 3.53. The molecule has 0 saturated carbocycles. The van der Waals surface area contributed by atoms with Gasteiger partial charge in [-0.1, -0.05) is 25.1 Å². The first-order valence-corrected chi connectivity index (χ1v) is 5.62. The number of nitrogens with zero attached hydrogens (tertiary/aromatic N) is 2. The topological polar surface area (TPSA) is 63.4 Å². The molecule has 0 saturated heterocycles. The van der Waals surface area contributed by atoms with Gasteiger partial charge in [0, 0.05) is 24.6 Å². The van der Waals surface area contributed by atoms with Gasteiger partial charge in [-0.2, -0.15) is 10.5 Å². The van der Waals surface area contributed by atoms with Crippen molar-refractivity contribution >= 4 is 10.9 Å². The van der Waals surface area contributed by atoms with Crippen LogP contribution < -0.4 is 0 Å². The van der Waals surface area contributed by atoms with Crippen molar-refractivity contribution in [3.05, 3.63) is 36.0 Å². The number of aromatic nitrogens is 1. The molecule has 0 amide bonds. The standard InChI is InChI=1S/C11H10N2.C3H5N/c12-7-2-5-9-3-1-4-10-6-8-13-11(9)10;1-2-3-4/h1,3-4,6,8,13H,2,5H2;2H2,1H3. The molecule has 1 N–H and O–H groups in total. The lowest BCUT2D eigenvalue weighted by Crippen LogP contribution is -1.84. The summed E-state index contributed by atoms with van der Waals surface area (Å²) in [7, 11) is 0. The zero-order valence-corrected chi connectivity index (χ0v) is 9.90. The molecule has 2 rings (SSSR count). The van der Waals surface area contributed by atoms with Crippen molar-refractivity contribution in [2.45, 2.75) is 26.2 Å². The van der Waals surface area contributed by atoms with Crippen LogP contribution in [0.2, 0.25) is 0 Å². The molecule has 1 aromatic heterocycles. The van der Waals surface area contributed by atoms with Gasteiger partial charge in [-0.15, -0.1) is 0 Å². The number of nitrogens with one attached hydrogen (secondary N) is 1. The first-order chi connectivity index (χ1) is 8.33. The first-order valence-electron chi connectivity index (χ1n) is 5.62. The van der Waals surface area contributed by atoms with Gasteiger partial charge in [0.05, 0.1) is 12.1 Å². The van der Waals surface area contributed by atoms with Gasteiger partial charge in [0.1, 0.15) is 0 Å². The van der Waals surface area contributed by atoms with Gasteiger partial charge in [-0.25, -0.2) is 0 Å². The van der Waals surface area contributed by atoms with E-state index in [0.717, 1.165) is 11.9 Å². The summed E-state index contributed by atoms with van der Waals surface area (Å²) < 4.78 is 0. The molecule has 3 nitrogen and oxygen atoms in total. The molecule has 0 bridgehead atoms. The third-order valence-electron chi connectivity index (χ3n) is 2.34. The summed E-state index contributed by atoms with van der Waals surface area (Å²) >= 11 is 0. The van der Waals surface area contributed by atoms with Crippen LogP contribution in [0.1, 0.15) is 25.3 Å². The number of para-hydroxylation sites is 1. The fraction of sp³-hybridized carbons (Fsp3) is 0.286. The Hall–Kier alpha value is -2.26. The van der Waals surface area contributed by atoms with E-state index < -0.39 is 0 Å². The summed E-state index contributed by atoms with van der Waals surface area (Å²) in [5, 5.41) is 17.3. The zero-order valence-electron chi connectivity index (χ0n) is 9.90. The van der Waals surface area contributed by atoms with E-state index in [0.29, 0.717) is 12.8 Å². The highest BCUT2D eigenvalue weighted by molar-refractivity contribution is 5.82. The number of H-pyrrole nitrogens is 1. The second kappa shape index (κ2) is 7.09. The Bertz CT molecular complexity index is 540. The Morgan fingerprint density at radius 1 is 1.18 bits per heavy atom. The third kappa shape index (κ3) is 3.66. The zero-order chi connectivity index (χ0) is 12.5. The van der Waals surface area contributed by atoms with Crippen molar-refractivity contribution in [2.24, 2.45) is 0 Å².